The molecule has 1 aliphatic heterocycles. The van der Waals surface area contributed by atoms with Crippen LogP contribution in [0.25, 0.3) is 11.0 Å². The molecule has 0 amide bonds. The molecule has 0 spiro atoms. The molecular formula is C26H37N7O2S. The van der Waals surface area contributed by atoms with E-state index in [0.29, 0.717) is 24.2 Å². The summed E-state index contributed by atoms with van der Waals surface area (Å²) < 4.78 is 26.9. The monoisotopic (exact) mass is 511 g/mol. The molecule has 1 N–H and O–H groups in total. The smallest absolute Gasteiger partial charge is 0.232 e. The van der Waals surface area contributed by atoms with Crippen LogP contribution in [0.4, 0.5) is 17.3 Å². The van der Waals surface area contributed by atoms with E-state index >= 15 is 0 Å². The lowest BCUT2D eigenvalue weighted by molar-refractivity contribution is 0.235. The van der Waals surface area contributed by atoms with Crippen LogP contribution in [-0.4, -0.2) is 72.0 Å². The van der Waals surface area contributed by atoms with Gasteiger partial charge in [0.2, 0.25) is 16.0 Å². The number of aromatic nitrogens is 4. The third-order valence-corrected chi connectivity index (χ3v) is 8.66. The number of piperidine rings is 1. The van der Waals surface area contributed by atoms with Crippen molar-refractivity contribution in [2.45, 2.75) is 63.8 Å². The summed E-state index contributed by atoms with van der Waals surface area (Å²) in [4.78, 5) is 14.1. The van der Waals surface area contributed by atoms with E-state index < -0.39 is 10.0 Å². The number of nitrogens with zero attached hydrogens (tertiary/aromatic N) is 6. The number of sulfonamides is 1. The molecule has 3 heterocycles. The second-order valence-electron chi connectivity index (χ2n) is 10.1. The van der Waals surface area contributed by atoms with Gasteiger partial charge in [0, 0.05) is 31.0 Å². The Morgan fingerprint density at radius 3 is 2.31 bits per heavy atom. The molecule has 1 saturated carbocycles. The molecule has 9 nitrogen and oxygen atoms in total. The van der Waals surface area contributed by atoms with E-state index in [2.05, 4.69) is 25.0 Å². The first-order chi connectivity index (χ1) is 17.5. The second-order valence-corrected chi connectivity index (χ2v) is 12.0. The fourth-order valence-corrected chi connectivity index (χ4v) is 6.45. The highest BCUT2D eigenvalue weighted by Gasteiger charge is 2.26. The number of likely N-dealkylation sites (tertiary alicyclic amines) is 1. The van der Waals surface area contributed by atoms with Gasteiger partial charge < -0.3 is 9.80 Å². The average Bonchev–Trinajstić information content (AvgIpc) is 3.19. The molecule has 36 heavy (non-hydrogen) atoms. The van der Waals surface area contributed by atoms with E-state index in [9.17, 15) is 8.42 Å². The van der Waals surface area contributed by atoms with Gasteiger partial charge in [-0.15, -0.1) is 0 Å². The van der Waals surface area contributed by atoms with Crippen molar-refractivity contribution in [1.29, 1.82) is 0 Å². The Balaban J connectivity index is 1.42. The molecule has 194 valence electrons. The Bertz CT molecular complexity index is 1230. The van der Waals surface area contributed by atoms with E-state index in [1.54, 1.807) is 6.20 Å². The lowest BCUT2D eigenvalue weighted by Gasteiger charge is -2.32. The third-order valence-electron chi connectivity index (χ3n) is 7.47. The molecule has 2 fully saturated rings. The molecule has 2 aromatic heterocycles. The van der Waals surface area contributed by atoms with Crippen molar-refractivity contribution in [3.05, 3.63) is 36.7 Å². The summed E-state index contributed by atoms with van der Waals surface area (Å²) >= 11 is 0. The van der Waals surface area contributed by atoms with Gasteiger partial charge in [0.25, 0.3) is 0 Å². The van der Waals surface area contributed by atoms with Crippen LogP contribution in [0.5, 0.6) is 0 Å². The van der Waals surface area contributed by atoms with Gasteiger partial charge in [-0.1, -0.05) is 32.1 Å². The standard InChI is InChI=1S/C26H37N7O2S/c1-36(34,35)32(18-17-31-15-7-4-8-16-31)22-11-13-24(14-12-22)33(23-9-5-2-3-6-10-23)26-27-19-21-20-28-30-25(21)29-26/h11-14,19-20,23H,2-10,15-18H2,1H3,(H,27,28,29,30). The number of H-pyrrole nitrogens is 1. The summed E-state index contributed by atoms with van der Waals surface area (Å²) in [5, 5.41) is 7.94. The molecule has 1 aliphatic carbocycles. The first kappa shape index (κ1) is 25.0. The number of benzene rings is 1. The number of nitrogens with one attached hydrogen (secondary N) is 1. The van der Waals surface area contributed by atoms with Crippen molar-refractivity contribution in [3.63, 3.8) is 0 Å². The van der Waals surface area contributed by atoms with Crippen molar-refractivity contribution < 1.29 is 8.42 Å². The van der Waals surface area contributed by atoms with Gasteiger partial charge in [-0.05, 0) is 63.0 Å². The first-order valence-electron chi connectivity index (χ1n) is 13.2. The topological polar surface area (TPSA) is 98.3 Å². The lowest BCUT2D eigenvalue weighted by atomic mass is 10.1. The number of fused-ring (bicyclic) bond motifs is 1. The molecule has 0 unspecified atom stereocenters. The predicted octanol–water partition coefficient (Wildman–Crippen LogP) is 4.47. The molecule has 0 radical (unpaired) electrons. The van der Waals surface area contributed by atoms with Gasteiger partial charge in [-0.3, -0.25) is 9.40 Å². The number of hydrogen-bond donors (Lipinski definition) is 1. The minimum Gasteiger partial charge on any atom is -0.307 e. The first-order valence-corrected chi connectivity index (χ1v) is 15.1. The van der Waals surface area contributed by atoms with Crippen LogP contribution < -0.4 is 9.21 Å². The van der Waals surface area contributed by atoms with Gasteiger partial charge in [0.05, 0.1) is 23.5 Å². The maximum atomic E-state index is 12.7. The number of rotatable bonds is 8. The van der Waals surface area contributed by atoms with Crippen LogP contribution in [0.2, 0.25) is 0 Å². The fourth-order valence-electron chi connectivity index (χ4n) is 5.53. The van der Waals surface area contributed by atoms with Gasteiger partial charge in [0.1, 0.15) is 0 Å². The average molecular weight is 512 g/mol. The minimum atomic E-state index is -3.39. The van der Waals surface area contributed by atoms with Gasteiger partial charge in [-0.25, -0.2) is 13.4 Å². The molecule has 3 aromatic rings. The molecule has 0 bridgehead atoms. The van der Waals surface area contributed by atoms with E-state index in [-0.39, 0.29) is 0 Å². The summed E-state index contributed by atoms with van der Waals surface area (Å²) in [7, 11) is -3.39. The SMILES string of the molecule is CS(=O)(=O)N(CCN1CCCCC1)c1ccc(N(c2ncc3cn[nH]c3n2)C2CCCCCC2)cc1. The van der Waals surface area contributed by atoms with Crippen molar-refractivity contribution in [3.8, 4) is 0 Å². The number of aromatic amines is 1. The normalized spacial score (nSPS) is 18.2. The maximum absolute atomic E-state index is 12.7. The largest absolute Gasteiger partial charge is 0.307 e. The Kier molecular flexibility index (Phi) is 7.71. The van der Waals surface area contributed by atoms with Crippen LogP contribution in [0.15, 0.2) is 36.7 Å². The van der Waals surface area contributed by atoms with E-state index in [1.807, 2.05) is 30.5 Å². The highest BCUT2D eigenvalue weighted by Crippen LogP contribution is 2.33. The van der Waals surface area contributed by atoms with E-state index in [1.165, 1.54) is 55.5 Å². The Morgan fingerprint density at radius 2 is 1.61 bits per heavy atom. The molecule has 2 aliphatic rings. The van der Waals surface area contributed by atoms with Crippen LogP contribution >= 0.6 is 0 Å². The summed E-state index contributed by atoms with van der Waals surface area (Å²) in [5.41, 5.74) is 2.40. The van der Waals surface area contributed by atoms with E-state index in [4.69, 9.17) is 4.98 Å². The van der Waals surface area contributed by atoms with Gasteiger partial charge in [-0.2, -0.15) is 10.1 Å². The van der Waals surface area contributed by atoms with Crippen LogP contribution in [0, 0.1) is 0 Å². The van der Waals surface area contributed by atoms with E-state index in [0.717, 1.165) is 49.2 Å². The number of anilines is 3. The fraction of sp³-hybridized carbons (Fsp3) is 0.577. The molecular weight excluding hydrogens is 474 g/mol. The predicted molar refractivity (Wildman–Crippen MR) is 144 cm³/mol. The lowest BCUT2D eigenvalue weighted by Crippen LogP contribution is -2.40. The third kappa shape index (κ3) is 5.81. The van der Waals surface area contributed by atoms with Crippen LogP contribution in [0.1, 0.15) is 57.8 Å². The van der Waals surface area contributed by atoms with Gasteiger partial charge in [0.15, 0.2) is 5.65 Å². The van der Waals surface area contributed by atoms with Crippen molar-refractivity contribution >= 4 is 38.4 Å². The molecule has 5 rings (SSSR count). The zero-order valence-electron chi connectivity index (χ0n) is 21.1. The molecule has 10 heteroatoms. The summed E-state index contributed by atoms with van der Waals surface area (Å²) in [5.74, 6) is 0.650. The highest BCUT2D eigenvalue weighted by atomic mass is 32.2. The number of hydrogen-bond acceptors (Lipinski definition) is 7. The molecule has 0 atom stereocenters. The van der Waals surface area contributed by atoms with Crippen molar-refractivity contribution in [2.24, 2.45) is 0 Å². The Morgan fingerprint density at radius 1 is 0.944 bits per heavy atom. The van der Waals surface area contributed by atoms with Crippen molar-refractivity contribution in [1.82, 2.24) is 25.1 Å². The Hall–Kier alpha value is -2.72. The summed E-state index contributed by atoms with van der Waals surface area (Å²) in [6.45, 7) is 3.31. The second kappa shape index (κ2) is 11.1. The zero-order valence-corrected chi connectivity index (χ0v) is 22.0. The van der Waals surface area contributed by atoms with Crippen LogP contribution in [-0.2, 0) is 10.0 Å². The maximum Gasteiger partial charge on any atom is 0.232 e. The van der Waals surface area contributed by atoms with Gasteiger partial charge >= 0.3 is 0 Å². The molecule has 1 saturated heterocycles. The van der Waals surface area contributed by atoms with Crippen molar-refractivity contribution in [2.75, 3.05) is 41.6 Å². The molecule has 1 aromatic carbocycles. The summed E-state index contributed by atoms with van der Waals surface area (Å²) in [6, 6.07) is 8.17. The van der Waals surface area contributed by atoms with Crippen LogP contribution in [0.3, 0.4) is 0 Å². The summed E-state index contributed by atoms with van der Waals surface area (Å²) in [6.07, 6.45) is 15.5. The minimum absolute atomic E-state index is 0.295. The Labute approximate surface area is 214 Å². The zero-order chi connectivity index (χ0) is 25.0. The quantitative estimate of drug-likeness (QED) is 0.446. The highest BCUT2D eigenvalue weighted by molar-refractivity contribution is 7.92.